The van der Waals surface area contributed by atoms with Crippen molar-refractivity contribution in [1.82, 2.24) is 19.6 Å². The van der Waals surface area contributed by atoms with E-state index in [-0.39, 0.29) is 17.7 Å². The summed E-state index contributed by atoms with van der Waals surface area (Å²) in [6, 6.07) is 12.1. The summed E-state index contributed by atoms with van der Waals surface area (Å²) >= 11 is 0. The van der Waals surface area contributed by atoms with E-state index in [1.807, 2.05) is 49.7 Å². The SMILES string of the molecule is Cc1c(-c2ccc3c(O)n(C(C)C)cc3c2)nnn1-c1ccc(F)cc1. The fraction of sp³-hybridized carbons (Fsp3) is 0.200. The molecule has 26 heavy (non-hydrogen) atoms. The molecule has 0 aliphatic rings. The summed E-state index contributed by atoms with van der Waals surface area (Å²) < 4.78 is 16.7. The van der Waals surface area contributed by atoms with E-state index in [9.17, 15) is 9.50 Å². The van der Waals surface area contributed by atoms with Gasteiger partial charge in [0.1, 0.15) is 11.5 Å². The van der Waals surface area contributed by atoms with Gasteiger partial charge in [-0.3, -0.25) is 0 Å². The van der Waals surface area contributed by atoms with E-state index >= 15 is 0 Å². The Hall–Kier alpha value is -3.15. The molecule has 0 aliphatic heterocycles. The number of hydrogen-bond donors (Lipinski definition) is 1. The molecule has 0 amide bonds. The zero-order valence-electron chi connectivity index (χ0n) is 14.8. The third-order valence-corrected chi connectivity index (χ3v) is 4.61. The lowest BCUT2D eigenvalue weighted by atomic mass is 10.1. The number of benzene rings is 2. The van der Waals surface area contributed by atoms with Gasteiger partial charge < -0.3 is 9.67 Å². The van der Waals surface area contributed by atoms with Crippen molar-refractivity contribution in [2.24, 2.45) is 0 Å². The van der Waals surface area contributed by atoms with Crippen molar-refractivity contribution in [2.45, 2.75) is 26.8 Å². The van der Waals surface area contributed by atoms with E-state index in [1.54, 1.807) is 16.8 Å². The van der Waals surface area contributed by atoms with Crippen molar-refractivity contribution in [2.75, 3.05) is 0 Å². The van der Waals surface area contributed by atoms with Gasteiger partial charge in [-0.25, -0.2) is 9.07 Å². The molecule has 0 spiro atoms. The number of halogens is 1. The Morgan fingerprint density at radius 3 is 2.50 bits per heavy atom. The number of nitrogens with zero attached hydrogens (tertiary/aromatic N) is 4. The predicted octanol–water partition coefficient (Wildman–Crippen LogP) is 4.62. The van der Waals surface area contributed by atoms with Crippen LogP contribution in [-0.4, -0.2) is 24.7 Å². The molecule has 0 radical (unpaired) electrons. The Labute approximate surface area is 150 Å². The van der Waals surface area contributed by atoms with Crippen molar-refractivity contribution >= 4 is 10.8 Å². The van der Waals surface area contributed by atoms with Gasteiger partial charge in [-0.15, -0.1) is 5.10 Å². The Morgan fingerprint density at radius 1 is 1.08 bits per heavy atom. The first-order valence-corrected chi connectivity index (χ1v) is 8.48. The van der Waals surface area contributed by atoms with Gasteiger partial charge in [-0.2, -0.15) is 0 Å². The second-order valence-corrected chi connectivity index (χ2v) is 6.67. The van der Waals surface area contributed by atoms with Gasteiger partial charge in [0.25, 0.3) is 0 Å². The van der Waals surface area contributed by atoms with Crippen LogP contribution in [0.3, 0.4) is 0 Å². The molecule has 0 atom stereocenters. The second-order valence-electron chi connectivity index (χ2n) is 6.67. The molecule has 6 heteroatoms. The van der Waals surface area contributed by atoms with Crippen LogP contribution < -0.4 is 0 Å². The van der Waals surface area contributed by atoms with E-state index in [2.05, 4.69) is 10.3 Å². The first-order chi connectivity index (χ1) is 12.5. The lowest BCUT2D eigenvalue weighted by molar-refractivity contribution is 0.405. The summed E-state index contributed by atoms with van der Waals surface area (Å²) in [6.45, 7) is 5.98. The van der Waals surface area contributed by atoms with Crippen LogP contribution in [0.4, 0.5) is 4.39 Å². The van der Waals surface area contributed by atoms with E-state index in [0.717, 1.165) is 33.4 Å². The first kappa shape index (κ1) is 16.3. The lowest BCUT2D eigenvalue weighted by Gasteiger charge is -2.07. The van der Waals surface area contributed by atoms with Crippen molar-refractivity contribution in [3.63, 3.8) is 0 Å². The van der Waals surface area contributed by atoms with Gasteiger partial charge in [0.15, 0.2) is 5.88 Å². The lowest BCUT2D eigenvalue weighted by Crippen LogP contribution is -1.99. The highest BCUT2D eigenvalue weighted by Crippen LogP contribution is 2.33. The maximum atomic E-state index is 13.1. The maximum absolute atomic E-state index is 13.1. The molecule has 132 valence electrons. The van der Waals surface area contributed by atoms with Crippen LogP contribution in [0.5, 0.6) is 5.88 Å². The van der Waals surface area contributed by atoms with Gasteiger partial charge >= 0.3 is 0 Å². The minimum atomic E-state index is -0.285. The minimum Gasteiger partial charge on any atom is -0.494 e. The average Bonchev–Trinajstić information content (AvgIpc) is 3.16. The summed E-state index contributed by atoms with van der Waals surface area (Å²) in [6.07, 6.45) is 1.94. The van der Waals surface area contributed by atoms with Crippen molar-refractivity contribution < 1.29 is 9.50 Å². The van der Waals surface area contributed by atoms with Crippen LogP contribution in [0.25, 0.3) is 27.7 Å². The third-order valence-electron chi connectivity index (χ3n) is 4.61. The predicted molar refractivity (Wildman–Crippen MR) is 99.0 cm³/mol. The molecule has 2 aromatic heterocycles. The molecule has 5 nitrogen and oxygen atoms in total. The fourth-order valence-electron chi connectivity index (χ4n) is 3.19. The number of aromatic nitrogens is 4. The quantitative estimate of drug-likeness (QED) is 0.586. The van der Waals surface area contributed by atoms with Gasteiger partial charge in [0.05, 0.1) is 11.4 Å². The Morgan fingerprint density at radius 2 is 1.81 bits per heavy atom. The van der Waals surface area contributed by atoms with Gasteiger partial charge in [0, 0.05) is 28.6 Å². The third kappa shape index (κ3) is 2.54. The average molecular weight is 350 g/mol. The molecule has 0 unspecified atom stereocenters. The van der Waals surface area contributed by atoms with Crippen LogP contribution in [0, 0.1) is 12.7 Å². The normalized spacial score (nSPS) is 11.6. The number of hydrogen-bond acceptors (Lipinski definition) is 3. The standard InChI is InChI=1S/C20H19FN4O/c1-12(2)24-11-15-10-14(4-9-18(15)20(24)26)19-13(3)25(23-22-19)17-7-5-16(21)6-8-17/h4-12,26H,1-3H3. The molecule has 0 saturated carbocycles. The zero-order chi connectivity index (χ0) is 18.4. The second kappa shape index (κ2) is 5.98. The van der Waals surface area contributed by atoms with Crippen LogP contribution in [0.2, 0.25) is 0 Å². The van der Waals surface area contributed by atoms with Crippen LogP contribution in [-0.2, 0) is 0 Å². The molecular formula is C20H19FN4O. The number of fused-ring (bicyclic) bond motifs is 1. The highest BCUT2D eigenvalue weighted by atomic mass is 19.1. The van der Waals surface area contributed by atoms with E-state index in [4.69, 9.17) is 0 Å². The Bertz CT molecular complexity index is 1090. The van der Waals surface area contributed by atoms with E-state index in [1.165, 1.54) is 12.1 Å². The molecule has 0 saturated heterocycles. The summed E-state index contributed by atoms with van der Waals surface area (Å²) in [5.74, 6) is -0.0140. The molecule has 0 fully saturated rings. The monoisotopic (exact) mass is 350 g/mol. The molecule has 1 N–H and O–H groups in total. The van der Waals surface area contributed by atoms with Crippen molar-refractivity contribution in [3.8, 4) is 22.8 Å². The molecule has 4 rings (SSSR count). The van der Waals surface area contributed by atoms with Crippen LogP contribution >= 0.6 is 0 Å². The topological polar surface area (TPSA) is 55.9 Å². The summed E-state index contributed by atoms with van der Waals surface area (Å²) in [5, 5.41) is 20.6. The highest BCUT2D eigenvalue weighted by molar-refractivity contribution is 5.91. The number of rotatable bonds is 3. The molecule has 2 aromatic carbocycles. The fourth-order valence-corrected chi connectivity index (χ4v) is 3.19. The van der Waals surface area contributed by atoms with Gasteiger partial charge in [-0.05, 0) is 57.2 Å². The Balaban J connectivity index is 1.79. The largest absolute Gasteiger partial charge is 0.494 e. The van der Waals surface area contributed by atoms with E-state index < -0.39 is 0 Å². The Kier molecular flexibility index (Phi) is 3.76. The zero-order valence-corrected chi connectivity index (χ0v) is 14.8. The molecule has 4 aromatic rings. The molecular weight excluding hydrogens is 331 g/mol. The maximum Gasteiger partial charge on any atom is 0.199 e. The first-order valence-electron chi connectivity index (χ1n) is 8.48. The van der Waals surface area contributed by atoms with Crippen LogP contribution in [0.1, 0.15) is 25.6 Å². The van der Waals surface area contributed by atoms with Crippen LogP contribution in [0.15, 0.2) is 48.7 Å². The molecule has 0 bridgehead atoms. The minimum absolute atomic E-state index is 0.173. The highest BCUT2D eigenvalue weighted by Gasteiger charge is 2.15. The van der Waals surface area contributed by atoms with Gasteiger partial charge in [-0.1, -0.05) is 11.3 Å². The van der Waals surface area contributed by atoms with Crippen molar-refractivity contribution in [3.05, 3.63) is 60.2 Å². The molecule has 0 aliphatic carbocycles. The number of aromatic hydroxyl groups is 1. The molecule has 2 heterocycles. The summed E-state index contributed by atoms with van der Waals surface area (Å²) in [4.78, 5) is 0. The smallest absolute Gasteiger partial charge is 0.199 e. The van der Waals surface area contributed by atoms with Gasteiger partial charge in [0.2, 0.25) is 0 Å². The summed E-state index contributed by atoms with van der Waals surface area (Å²) in [5.41, 5.74) is 3.30. The van der Waals surface area contributed by atoms with Crippen molar-refractivity contribution in [1.29, 1.82) is 0 Å². The van der Waals surface area contributed by atoms with E-state index in [0.29, 0.717) is 0 Å². The summed E-state index contributed by atoms with van der Waals surface area (Å²) in [7, 11) is 0.